The number of hydrogen-bond acceptors (Lipinski definition) is 5. The van der Waals surface area contributed by atoms with Crippen molar-refractivity contribution in [2.75, 3.05) is 38.2 Å². The monoisotopic (exact) mass is 487 g/mol. The molecule has 0 radical (unpaired) electrons. The molecule has 2 heterocycles. The molecule has 1 aliphatic rings. The number of carbonyl (C=O) groups is 2. The summed E-state index contributed by atoms with van der Waals surface area (Å²) in [7, 11) is 1.64. The van der Waals surface area contributed by atoms with Gasteiger partial charge in [0, 0.05) is 48.8 Å². The van der Waals surface area contributed by atoms with Crippen molar-refractivity contribution < 1.29 is 14.3 Å². The predicted molar refractivity (Wildman–Crippen MR) is 142 cm³/mol. The number of anilines is 1. The SMILES string of the molecule is COc1ccccc1N1CCN(C(=O)C(=O)N/N=C\c2cc(C)n(-c3ccc(C)c(C)c3)c2C)CC1. The van der Waals surface area contributed by atoms with E-state index in [0.717, 1.165) is 34.1 Å². The van der Waals surface area contributed by atoms with E-state index in [1.54, 1.807) is 18.2 Å². The summed E-state index contributed by atoms with van der Waals surface area (Å²) in [5.74, 6) is -0.520. The third-order valence-electron chi connectivity index (χ3n) is 6.78. The van der Waals surface area contributed by atoms with E-state index in [0.29, 0.717) is 26.2 Å². The Morgan fingerprint density at radius 3 is 2.36 bits per heavy atom. The minimum Gasteiger partial charge on any atom is -0.495 e. The molecule has 8 nitrogen and oxygen atoms in total. The Labute approximate surface area is 212 Å². The third kappa shape index (κ3) is 5.12. The highest BCUT2D eigenvalue weighted by Gasteiger charge is 2.27. The number of aromatic nitrogens is 1. The van der Waals surface area contributed by atoms with Crippen molar-refractivity contribution in [3.8, 4) is 11.4 Å². The molecule has 188 valence electrons. The van der Waals surface area contributed by atoms with Crippen LogP contribution in [0.1, 0.15) is 28.1 Å². The first-order valence-corrected chi connectivity index (χ1v) is 12.1. The second-order valence-corrected chi connectivity index (χ2v) is 9.08. The fourth-order valence-electron chi connectivity index (χ4n) is 4.57. The lowest BCUT2D eigenvalue weighted by atomic mass is 10.1. The minimum atomic E-state index is -0.736. The quantitative estimate of drug-likeness (QED) is 0.339. The van der Waals surface area contributed by atoms with Crippen LogP contribution in [0.25, 0.3) is 5.69 Å². The molecule has 0 atom stereocenters. The zero-order valence-electron chi connectivity index (χ0n) is 21.5. The van der Waals surface area contributed by atoms with Crippen molar-refractivity contribution in [3.63, 3.8) is 0 Å². The van der Waals surface area contributed by atoms with Gasteiger partial charge in [-0.05, 0) is 69.2 Å². The highest BCUT2D eigenvalue weighted by atomic mass is 16.5. The molecule has 0 bridgehead atoms. The number of piperazine rings is 1. The zero-order chi connectivity index (χ0) is 25.8. The number of hydrogen-bond donors (Lipinski definition) is 1. The molecule has 36 heavy (non-hydrogen) atoms. The van der Waals surface area contributed by atoms with Gasteiger partial charge in [0.05, 0.1) is 19.0 Å². The molecular formula is C28H33N5O3. The number of hydrazone groups is 1. The first-order valence-electron chi connectivity index (χ1n) is 12.1. The Hall–Kier alpha value is -4.07. The average Bonchev–Trinajstić information content (AvgIpc) is 3.17. The van der Waals surface area contributed by atoms with Gasteiger partial charge in [0.2, 0.25) is 0 Å². The molecule has 4 rings (SSSR count). The summed E-state index contributed by atoms with van der Waals surface area (Å²) < 4.78 is 7.60. The molecule has 0 aliphatic carbocycles. The predicted octanol–water partition coefficient (Wildman–Crippen LogP) is 3.52. The molecule has 2 amide bonds. The Bertz CT molecular complexity index is 1300. The molecule has 1 saturated heterocycles. The van der Waals surface area contributed by atoms with Crippen molar-refractivity contribution in [1.82, 2.24) is 14.9 Å². The van der Waals surface area contributed by atoms with Gasteiger partial charge < -0.3 is 19.1 Å². The van der Waals surface area contributed by atoms with E-state index in [1.807, 2.05) is 44.2 Å². The van der Waals surface area contributed by atoms with Gasteiger partial charge in [-0.1, -0.05) is 18.2 Å². The normalized spacial score (nSPS) is 13.8. The van der Waals surface area contributed by atoms with Gasteiger partial charge in [-0.15, -0.1) is 0 Å². The summed E-state index contributed by atoms with van der Waals surface area (Å²) >= 11 is 0. The van der Waals surface area contributed by atoms with Gasteiger partial charge in [-0.3, -0.25) is 9.59 Å². The second-order valence-electron chi connectivity index (χ2n) is 9.08. The highest BCUT2D eigenvalue weighted by molar-refractivity contribution is 6.35. The zero-order valence-corrected chi connectivity index (χ0v) is 21.5. The number of aryl methyl sites for hydroxylation is 3. The van der Waals surface area contributed by atoms with Crippen LogP contribution in [0.3, 0.4) is 0 Å². The Kier molecular flexibility index (Phi) is 7.43. The summed E-state index contributed by atoms with van der Waals surface area (Å²) in [5, 5.41) is 4.07. The average molecular weight is 488 g/mol. The summed E-state index contributed by atoms with van der Waals surface area (Å²) in [6.07, 6.45) is 1.59. The maximum Gasteiger partial charge on any atom is 0.329 e. The molecule has 0 unspecified atom stereocenters. The smallest absolute Gasteiger partial charge is 0.329 e. The van der Waals surface area contributed by atoms with E-state index in [1.165, 1.54) is 11.1 Å². The van der Waals surface area contributed by atoms with Crippen molar-refractivity contribution in [1.29, 1.82) is 0 Å². The Morgan fingerprint density at radius 2 is 1.67 bits per heavy atom. The van der Waals surface area contributed by atoms with Gasteiger partial charge in [-0.25, -0.2) is 5.43 Å². The van der Waals surface area contributed by atoms with E-state index in [-0.39, 0.29) is 0 Å². The number of amides is 2. The van der Waals surface area contributed by atoms with Gasteiger partial charge >= 0.3 is 11.8 Å². The van der Waals surface area contributed by atoms with E-state index in [4.69, 9.17) is 4.74 Å². The number of ether oxygens (including phenoxy) is 1. The maximum absolute atomic E-state index is 12.7. The number of nitrogens with zero attached hydrogens (tertiary/aromatic N) is 4. The molecule has 2 aromatic carbocycles. The van der Waals surface area contributed by atoms with Crippen molar-refractivity contribution in [3.05, 3.63) is 76.6 Å². The summed E-state index contributed by atoms with van der Waals surface area (Å²) in [4.78, 5) is 28.9. The third-order valence-corrected chi connectivity index (χ3v) is 6.78. The van der Waals surface area contributed by atoms with Crippen LogP contribution in [0, 0.1) is 27.7 Å². The second kappa shape index (κ2) is 10.7. The highest BCUT2D eigenvalue weighted by Crippen LogP contribution is 2.28. The Balaban J connectivity index is 1.36. The van der Waals surface area contributed by atoms with Gasteiger partial charge in [0.15, 0.2) is 0 Å². The lowest BCUT2D eigenvalue weighted by Crippen LogP contribution is -2.52. The van der Waals surface area contributed by atoms with E-state index in [9.17, 15) is 9.59 Å². The van der Waals surface area contributed by atoms with Crippen LogP contribution in [0.15, 0.2) is 53.6 Å². The van der Waals surface area contributed by atoms with E-state index < -0.39 is 11.8 Å². The number of methoxy groups -OCH3 is 1. The molecule has 1 aromatic heterocycles. The van der Waals surface area contributed by atoms with Crippen LogP contribution < -0.4 is 15.1 Å². The Morgan fingerprint density at radius 1 is 0.944 bits per heavy atom. The molecular weight excluding hydrogens is 454 g/mol. The molecule has 1 aliphatic heterocycles. The lowest BCUT2D eigenvalue weighted by Gasteiger charge is -2.36. The standard InChI is InChI=1S/C28H33N5O3/c1-19-10-11-24(16-20(19)2)33-21(3)17-23(22(33)4)18-29-30-27(34)28(35)32-14-12-31(13-15-32)25-8-6-7-9-26(25)36-5/h6-11,16-18H,12-15H2,1-5H3,(H,30,34)/b29-18-. The number of carbonyl (C=O) groups excluding carboxylic acids is 2. The van der Waals surface area contributed by atoms with Crippen LogP contribution >= 0.6 is 0 Å². The fourth-order valence-corrected chi connectivity index (χ4v) is 4.57. The molecule has 3 aromatic rings. The molecule has 1 fully saturated rings. The largest absolute Gasteiger partial charge is 0.495 e. The van der Waals surface area contributed by atoms with Crippen molar-refractivity contribution in [2.24, 2.45) is 5.10 Å². The van der Waals surface area contributed by atoms with Crippen LogP contribution in [0.4, 0.5) is 5.69 Å². The van der Waals surface area contributed by atoms with Crippen molar-refractivity contribution >= 4 is 23.7 Å². The van der Waals surface area contributed by atoms with Crippen molar-refractivity contribution in [2.45, 2.75) is 27.7 Å². The number of rotatable bonds is 5. The van der Waals surface area contributed by atoms with E-state index >= 15 is 0 Å². The molecule has 1 N–H and O–H groups in total. The van der Waals surface area contributed by atoms with Crippen LogP contribution in [-0.4, -0.2) is 60.8 Å². The van der Waals surface area contributed by atoms with Crippen LogP contribution in [-0.2, 0) is 9.59 Å². The lowest BCUT2D eigenvalue weighted by molar-refractivity contribution is -0.146. The molecule has 8 heteroatoms. The number of para-hydroxylation sites is 2. The summed E-state index contributed by atoms with van der Waals surface area (Å²) in [6.45, 7) is 10.4. The van der Waals surface area contributed by atoms with E-state index in [2.05, 4.69) is 52.0 Å². The fraction of sp³-hybridized carbons (Fsp3) is 0.321. The van der Waals surface area contributed by atoms with Crippen LogP contribution in [0.2, 0.25) is 0 Å². The first kappa shape index (κ1) is 25.0. The van der Waals surface area contributed by atoms with Gasteiger partial charge in [-0.2, -0.15) is 5.10 Å². The van der Waals surface area contributed by atoms with Gasteiger partial charge in [0.25, 0.3) is 0 Å². The molecule has 0 spiro atoms. The number of nitrogens with one attached hydrogen (secondary N) is 1. The van der Waals surface area contributed by atoms with Crippen LogP contribution in [0.5, 0.6) is 5.75 Å². The first-order chi connectivity index (χ1) is 17.3. The number of benzene rings is 2. The molecule has 0 saturated carbocycles. The minimum absolute atomic E-state index is 0.450. The topological polar surface area (TPSA) is 79.2 Å². The van der Waals surface area contributed by atoms with Gasteiger partial charge in [0.1, 0.15) is 5.75 Å². The summed E-state index contributed by atoms with van der Waals surface area (Å²) in [6, 6.07) is 16.2. The summed E-state index contributed by atoms with van der Waals surface area (Å²) in [5.41, 5.74) is 9.89. The maximum atomic E-state index is 12.7.